The molecule has 0 spiro atoms. The molecule has 4 nitrogen and oxygen atoms in total. The molecule has 0 saturated heterocycles. The molecule has 4 rings (SSSR count). The fraction of sp³-hybridized carbons (Fsp3) is 0.0714. The maximum Gasteiger partial charge on any atom is 0.416 e. The number of alkyl halides is 3. The molecule has 188 valence electrons. The predicted molar refractivity (Wildman–Crippen MR) is 141 cm³/mol. The van der Waals surface area contributed by atoms with Crippen molar-refractivity contribution in [1.29, 1.82) is 0 Å². The number of carbonyl (C=O) groups excluding carboxylic acids is 2. The highest BCUT2D eigenvalue weighted by atomic mass is 35.5. The Balaban J connectivity index is 1.50. The van der Waals surface area contributed by atoms with E-state index in [-0.39, 0.29) is 11.6 Å². The summed E-state index contributed by atoms with van der Waals surface area (Å²) in [5, 5.41) is 5.12. The van der Waals surface area contributed by atoms with Crippen LogP contribution in [0, 0.1) is 0 Å². The van der Waals surface area contributed by atoms with E-state index in [1.54, 1.807) is 72.8 Å². The van der Waals surface area contributed by atoms with E-state index in [4.69, 9.17) is 11.6 Å². The molecule has 0 bridgehead atoms. The van der Waals surface area contributed by atoms with Crippen molar-refractivity contribution in [2.45, 2.75) is 16.3 Å². The number of thioether (sulfide) groups is 1. The van der Waals surface area contributed by atoms with E-state index in [0.29, 0.717) is 21.8 Å². The lowest BCUT2D eigenvalue weighted by Gasteiger charge is -2.18. The maximum absolute atomic E-state index is 13.2. The van der Waals surface area contributed by atoms with E-state index in [0.717, 1.165) is 17.0 Å². The van der Waals surface area contributed by atoms with Crippen LogP contribution in [0.1, 0.15) is 26.7 Å². The Hall–Kier alpha value is -3.75. The molecule has 4 aromatic carbocycles. The summed E-state index contributed by atoms with van der Waals surface area (Å²) in [6, 6.07) is 27.0. The largest absolute Gasteiger partial charge is 0.416 e. The van der Waals surface area contributed by atoms with Gasteiger partial charge in [-0.25, -0.2) is 0 Å². The summed E-state index contributed by atoms with van der Waals surface area (Å²) in [6.07, 6.45) is -4.52. The highest BCUT2D eigenvalue weighted by molar-refractivity contribution is 8.00. The number of hydrogen-bond donors (Lipinski definition) is 2. The maximum atomic E-state index is 13.2. The third-order valence-electron chi connectivity index (χ3n) is 5.25. The second kappa shape index (κ2) is 11.5. The van der Waals surface area contributed by atoms with Gasteiger partial charge in [0.2, 0.25) is 5.91 Å². The van der Waals surface area contributed by atoms with Crippen LogP contribution < -0.4 is 10.6 Å². The molecule has 0 aliphatic heterocycles. The average molecular weight is 541 g/mol. The number of benzene rings is 4. The second-order valence-electron chi connectivity index (χ2n) is 7.97. The molecule has 0 aliphatic carbocycles. The van der Waals surface area contributed by atoms with Gasteiger partial charge in [0, 0.05) is 26.9 Å². The van der Waals surface area contributed by atoms with E-state index in [2.05, 4.69) is 10.6 Å². The summed E-state index contributed by atoms with van der Waals surface area (Å²) in [4.78, 5) is 26.4. The Bertz CT molecular complexity index is 1400. The third kappa shape index (κ3) is 7.15. The molecule has 0 aromatic heterocycles. The van der Waals surface area contributed by atoms with Crippen LogP contribution in [0.15, 0.2) is 108 Å². The van der Waals surface area contributed by atoms with Gasteiger partial charge in [-0.05, 0) is 66.2 Å². The van der Waals surface area contributed by atoms with Crippen molar-refractivity contribution in [3.05, 3.63) is 125 Å². The van der Waals surface area contributed by atoms with Gasteiger partial charge in [0.1, 0.15) is 5.25 Å². The fourth-order valence-electron chi connectivity index (χ4n) is 3.47. The first-order valence-electron chi connectivity index (χ1n) is 11.1. The standard InChI is InChI=1S/C28H20ClF3N2O2S/c29-21-10-4-8-19(16-21)26(35)33-22-12-14-24(15-13-22)37-25(18-6-2-1-3-7-18)27(36)34-23-11-5-9-20(17-23)28(30,31)32/h1-17,25H,(H,33,35)(H,34,36). The average Bonchev–Trinajstić information content (AvgIpc) is 2.88. The second-order valence-corrected chi connectivity index (χ2v) is 9.58. The normalized spacial score (nSPS) is 12.0. The zero-order valence-electron chi connectivity index (χ0n) is 19.1. The minimum atomic E-state index is -4.52. The zero-order chi connectivity index (χ0) is 26.4. The van der Waals surface area contributed by atoms with Crippen LogP contribution in [0.2, 0.25) is 5.02 Å². The van der Waals surface area contributed by atoms with E-state index in [1.807, 2.05) is 6.07 Å². The number of carbonyl (C=O) groups is 2. The Morgan fingerprint density at radius 2 is 1.46 bits per heavy atom. The molecule has 37 heavy (non-hydrogen) atoms. The Morgan fingerprint density at radius 3 is 2.14 bits per heavy atom. The molecule has 0 aliphatic rings. The molecule has 0 saturated carbocycles. The van der Waals surface area contributed by atoms with Crippen LogP contribution in [-0.2, 0) is 11.0 Å². The van der Waals surface area contributed by atoms with Crippen molar-refractivity contribution in [2.24, 2.45) is 0 Å². The van der Waals surface area contributed by atoms with Gasteiger partial charge < -0.3 is 10.6 Å². The smallest absolute Gasteiger partial charge is 0.325 e. The van der Waals surface area contributed by atoms with Gasteiger partial charge in [-0.1, -0.05) is 54.1 Å². The number of anilines is 2. The number of rotatable bonds is 7. The summed E-state index contributed by atoms with van der Waals surface area (Å²) >= 11 is 7.19. The van der Waals surface area contributed by atoms with Gasteiger partial charge in [0.05, 0.1) is 5.56 Å². The van der Waals surface area contributed by atoms with Gasteiger partial charge in [-0.2, -0.15) is 13.2 Å². The predicted octanol–water partition coefficient (Wildman–Crippen LogP) is 8.08. The molecule has 2 N–H and O–H groups in total. The summed E-state index contributed by atoms with van der Waals surface area (Å²) < 4.78 is 39.3. The van der Waals surface area contributed by atoms with E-state index >= 15 is 0 Å². The molecule has 0 heterocycles. The Kier molecular flexibility index (Phi) is 8.21. The van der Waals surface area contributed by atoms with Gasteiger partial charge in [-0.3, -0.25) is 9.59 Å². The molecular weight excluding hydrogens is 521 g/mol. The Morgan fingerprint density at radius 1 is 0.757 bits per heavy atom. The van der Waals surface area contributed by atoms with Crippen molar-refractivity contribution in [1.82, 2.24) is 0 Å². The molecule has 0 radical (unpaired) electrons. The van der Waals surface area contributed by atoms with E-state index < -0.39 is 22.9 Å². The minimum absolute atomic E-state index is 0.0560. The minimum Gasteiger partial charge on any atom is -0.325 e. The first-order valence-corrected chi connectivity index (χ1v) is 12.3. The summed E-state index contributed by atoms with van der Waals surface area (Å²) in [5.41, 5.74) is 0.876. The molecular formula is C28H20ClF3N2O2S. The van der Waals surface area contributed by atoms with Crippen LogP contribution >= 0.6 is 23.4 Å². The summed E-state index contributed by atoms with van der Waals surface area (Å²) in [6.45, 7) is 0. The van der Waals surface area contributed by atoms with Crippen molar-refractivity contribution in [2.75, 3.05) is 10.6 Å². The van der Waals surface area contributed by atoms with Gasteiger partial charge in [-0.15, -0.1) is 11.8 Å². The summed E-state index contributed by atoms with van der Waals surface area (Å²) in [7, 11) is 0. The van der Waals surface area contributed by atoms with Crippen LogP contribution in [0.25, 0.3) is 0 Å². The summed E-state index contributed by atoms with van der Waals surface area (Å²) in [5.74, 6) is -0.778. The van der Waals surface area contributed by atoms with Crippen molar-refractivity contribution >= 4 is 46.6 Å². The van der Waals surface area contributed by atoms with Crippen LogP contribution in [0.5, 0.6) is 0 Å². The number of halogens is 4. The highest BCUT2D eigenvalue weighted by Gasteiger charge is 2.31. The van der Waals surface area contributed by atoms with Crippen molar-refractivity contribution in [3.63, 3.8) is 0 Å². The lowest BCUT2D eigenvalue weighted by Crippen LogP contribution is -2.19. The van der Waals surface area contributed by atoms with E-state index in [9.17, 15) is 22.8 Å². The SMILES string of the molecule is O=C(Nc1ccc(SC(C(=O)Nc2cccc(C(F)(F)F)c2)c2ccccc2)cc1)c1cccc(Cl)c1. The quantitative estimate of drug-likeness (QED) is 0.233. The molecule has 4 aromatic rings. The van der Waals surface area contributed by atoms with Gasteiger partial charge in [0.15, 0.2) is 0 Å². The number of hydrogen-bond acceptors (Lipinski definition) is 3. The highest BCUT2D eigenvalue weighted by Crippen LogP contribution is 2.37. The zero-order valence-corrected chi connectivity index (χ0v) is 20.7. The topological polar surface area (TPSA) is 58.2 Å². The molecule has 0 fully saturated rings. The van der Waals surface area contributed by atoms with Crippen molar-refractivity contribution < 1.29 is 22.8 Å². The van der Waals surface area contributed by atoms with Crippen LogP contribution in [0.4, 0.5) is 24.5 Å². The van der Waals surface area contributed by atoms with Crippen LogP contribution in [0.3, 0.4) is 0 Å². The number of nitrogens with one attached hydrogen (secondary N) is 2. The Labute approximate surface area is 220 Å². The monoisotopic (exact) mass is 540 g/mol. The molecule has 1 atom stereocenters. The van der Waals surface area contributed by atoms with Gasteiger partial charge in [0.25, 0.3) is 5.91 Å². The number of amides is 2. The third-order valence-corrected chi connectivity index (χ3v) is 6.75. The molecule has 9 heteroatoms. The lowest BCUT2D eigenvalue weighted by molar-refractivity contribution is -0.137. The van der Waals surface area contributed by atoms with Crippen LogP contribution in [-0.4, -0.2) is 11.8 Å². The fourth-order valence-corrected chi connectivity index (χ4v) is 4.68. The van der Waals surface area contributed by atoms with Crippen molar-refractivity contribution in [3.8, 4) is 0 Å². The molecule has 2 amide bonds. The lowest BCUT2D eigenvalue weighted by atomic mass is 10.1. The molecule has 1 unspecified atom stereocenters. The first kappa shape index (κ1) is 26.3. The first-order chi connectivity index (χ1) is 17.7. The van der Waals surface area contributed by atoms with Gasteiger partial charge >= 0.3 is 6.18 Å². The van der Waals surface area contributed by atoms with E-state index in [1.165, 1.54) is 23.9 Å².